The van der Waals surface area contributed by atoms with Gasteiger partial charge in [0, 0.05) is 21.9 Å². The van der Waals surface area contributed by atoms with E-state index in [1.807, 2.05) is 6.92 Å². The zero-order valence-corrected chi connectivity index (χ0v) is 12.5. The number of hydrogen-bond donors (Lipinski definition) is 3. The van der Waals surface area contributed by atoms with Crippen LogP contribution in [0.5, 0.6) is 0 Å². The molecule has 0 saturated heterocycles. The van der Waals surface area contributed by atoms with Gasteiger partial charge >= 0.3 is 0 Å². The molecule has 2 rings (SSSR count). The molecule has 0 aliphatic heterocycles. The molecular formula is C11H13BrN4O2S. The summed E-state index contributed by atoms with van der Waals surface area (Å²) in [5.74, 6) is 0.268. The van der Waals surface area contributed by atoms with E-state index in [0.29, 0.717) is 10.2 Å². The molecule has 0 unspecified atom stereocenters. The molecule has 8 heteroatoms. The maximum Gasteiger partial charge on any atom is 0.263 e. The van der Waals surface area contributed by atoms with Crippen LogP contribution in [0.2, 0.25) is 0 Å². The molecule has 1 heterocycles. The van der Waals surface area contributed by atoms with Crippen molar-refractivity contribution in [1.82, 2.24) is 10.2 Å². The van der Waals surface area contributed by atoms with E-state index in [4.69, 9.17) is 5.73 Å². The molecule has 0 saturated carbocycles. The minimum Gasteiger partial charge on any atom is -0.398 e. The number of hydrogen-bond acceptors (Lipinski definition) is 4. The number of aryl methyl sites for hydroxylation is 1. The Hall–Kier alpha value is -1.54. The Morgan fingerprint density at radius 2 is 2.16 bits per heavy atom. The largest absolute Gasteiger partial charge is 0.398 e. The highest BCUT2D eigenvalue weighted by atomic mass is 79.9. The molecule has 0 amide bonds. The Bertz CT molecular complexity index is 696. The van der Waals surface area contributed by atoms with Gasteiger partial charge in [0.15, 0.2) is 5.82 Å². The Morgan fingerprint density at radius 3 is 2.74 bits per heavy atom. The van der Waals surface area contributed by atoms with Crippen LogP contribution >= 0.6 is 15.9 Å². The summed E-state index contributed by atoms with van der Waals surface area (Å²) in [7, 11) is -3.67. The van der Waals surface area contributed by atoms with Crippen molar-refractivity contribution in [2.24, 2.45) is 0 Å². The molecule has 2 aromatic rings. The van der Waals surface area contributed by atoms with E-state index in [1.54, 1.807) is 6.07 Å². The normalized spacial score (nSPS) is 11.5. The first-order valence-electron chi connectivity index (χ1n) is 5.54. The maximum atomic E-state index is 12.1. The Labute approximate surface area is 119 Å². The smallest absolute Gasteiger partial charge is 0.263 e. The molecule has 19 heavy (non-hydrogen) atoms. The summed E-state index contributed by atoms with van der Waals surface area (Å²) >= 11 is 3.20. The fourth-order valence-electron chi connectivity index (χ4n) is 1.47. The summed E-state index contributed by atoms with van der Waals surface area (Å²) in [5, 5.41) is 6.63. The molecule has 0 aliphatic carbocycles. The van der Waals surface area contributed by atoms with Gasteiger partial charge in [-0.15, -0.1) is 0 Å². The number of sulfonamides is 1. The predicted octanol–water partition coefficient (Wildman–Crippen LogP) is 2.12. The van der Waals surface area contributed by atoms with Crippen LogP contribution in [0.1, 0.15) is 12.6 Å². The number of aromatic nitrogens is 2. The summed E-state index contributed by atoms with van der Waals surface area (Å²) in [4.78, 5) is 0.120. The average molecular weight is 345 g/mol. The highest BCUT2D eigenvalue weighted by molar-refractivity contribution is 9.10. The van der Waals surface area contributed by atoms with Gasteiger partial charge in [-0.2, -0.15) is 5.10 Å². The van der Waals surface area contributed by atoms with Crippen LogP contribution in [-0.4, -0.2) is 18.6 Å². The number of halogens is 1. The fraction of sp³-hybridized carbons (Fsp3) is 0.182. The van der Waals surface area contributed by atoms with Gasteiger partial charge in [0.05, 0.1) is 4.90 Å². The minimum atomic E-state index is -3.67. The number of nitrogens with zero attached hydrogens (tertiary/aromatic N) is 1. The Kier molecular flexibility index (Phi) is 3.81. The van der Waals surface area contributed by atoms with E-state index in [0.717, 1.165) is 12.1 Å². The number of anilines is 2. The Balaban J connectivity index is 2.29. The van der Waals surface area contributed by atoms with E-state index in [-0.39, 0.29) is 10.7 Å². The highest BCUT2D eigenvalue weighted by Crippen LogP contribution is 2.24. The maximum absolute atomic E-state index is 12.1. The molecule has 1 aromatic heterocycles. The van der Waals surface area contributed by atoms with Crippen molar-refractivity contribution in [3.8, 4) is 0 Å². The second kappa shape index (κ2) is 5.22. The quantitative estimate of drug-likeness (QED) is 0.739. The molecular weight excluding hydrogens is 332 g/mol. The van der Waals surface area contributed by atoms with Crippen LogP contribution in [-0.2, 0) is 16.4 Å². The summed E-state index contributed by atoms with van der Waals surface area (Å²) in [5.41, 5.74) is 6.96. The lowest BCUT2D eigenvalue weighted by Gasteiger charge is -2.06. The van der Waals surface area contributed by atoms with Crippen molar-refractivity contribution < 1.29 is 8.42 Å². The zero-order chi connectivity index (χ0) is 14.0. The van der Waals surface area contributed by atoms with Crippen molar-refractivity contribution in [2.75, 3.05) is 10.5 Å². The zero-order valence-electron chi connectivity index (χ0n) is 10.1. The summed E-state index contributed by atoms with van der Waals surface area (Å²) in [6, 6.07) is 6.07. The van der Waals surface area contributed by atoms with Crippen LogP contribution in [0, 0.1) is 0 Å². The number of nitrogens with one attached hydrogen (secondary N) is 2. The molecule has 4 N–H and O–H groups in total. The van der Waals surface area contributed by atoms with Gasteiger partial charge in [0.25, 0.3) is 10.0 Å². The van der Waals surface area contributed by atoms with E-state index >= 15 is 0 Å². The highest BCUT2D eigenvalue weighted by Gasteiger charge is 2.16. The minimum absolute atomic E-state index is 0.120. The van der Waals surface area contributed by atoms with Crippen LogP contribution in [0.4, 0.5) is 11.5 Å². The molecule has 1 aromatic carbocycles. The van der Waals surface area contributed by atoms with Crippen molar-refractivity contribution >= 4 is 37.5 Å². The van der Waals surface area contributed by atoms with Crippen molar-refractivity contribution in [3.63, 3.8) is 0 Å². The second-order valence-corrected chi connectivity index (χ2v) is 6.46. The van der Waals surface area contributed by atoms with Crippen molar-refractivity contribution in [3.05, 3.63) is 34.4 Å². The van der Waals surface area contributed by atoms with Gasteiger partial charge in [0.1, 0.15) is 0 Å². The van der Waals surface area contributed by atoms with Crippen molar-refractivity contribution in [1.29, 1.82) is 0 Å². The van der Waals surface area contributed by atoms with E-state index in [1.165, 1.54) is 18.2 Å². The summed E-state index contributed by atoms with van der Waals surface area (Å²) in [6.07, 6.45) is 0.752. The third-order valence-electron chi connectivity index (χ3n) is 2.53. The number of nitrogen functional groups attached to an aromatic ring is 1. The first-order chi connectivity index (χ1) is 8.92. The summed E-state index contributed by atoms with van der Waals surface area (Å²) in [6.45, 7) is 1.95. The number of nitrogens with two attached hydrogens (primary N) is 1. The number of H-pyrrole nitrogens is 1. The first kappa shape index (κ1) is 13.9. The average Bonchev–Trinajstić information content (AvgIpc) is 2.79. The molecule has 0 aliphatic rings. The lowest BCUT2D eigenvalue weighted by atomic mass is 10.3. The Morgan fingerprint density at radius 1 is 1.42 bits per heavy atom. The van der Waals surface area contributed by atoms with E-state index in [9.17, 15) is 8.42 Å². The van der Waals surface area contributed by atoms with Gasteiger partial charge < -0.3 is 5.73 Å². The summed E-state index contributed by atoms with van der Waals surface area (Å²) < 4.78 is 27.2. The topological polar surface area (TPSA) is 101 Å². The third-order valence-corrected chi connectivity index (χ3v) is 4.57. The third kappa shape index (κ3) is 3.07. The molecule has 0 fully saturated rings. The monoisotopic (exact) mass is 344 g/mol. The van der Waals surface area contributed by atoms with Gasteiger partial charge in [-0.05, 0) is 40.5 Å². The van der Waals surface area contributed by atoms with Crippen LogP contribution < -0.4 is 10.5 Å². The molecule has 0 spiro atoms. The van der Waals surface area contributed by atoms with Crippen LogP contribution in [0.3, 0.4) is 0 Å². The van der Waals surface area contributed by atoms with E-state index < -0.39 is 10.0 Å². The van der Waals surface area contributed by atoms with Gasteiger partial charge in [-0.1, -0.05) is 6.92 Å². The number of aromatic amines is 1. The van der Waals surface area contributed by atoms with Crippen molar-refractivity contribution in [2.45, 2.75) is 18.2 Å². The molecule has 102 valence electrons. The molecule has 0 bridgehead atoms. The second-order valence-electron chi connectivity index (χ2n) is 3.92. The van der Waals surface area contributed by atoms with Crippen LogP contribution in [0.25, 0.3) is 0 Å². The van der Waals surface area contributed by atoms with E-state index in [2.05, 4.69) is 30.8 Å². The molecule has 6 nitrogen and oxygen atoms in total. The van der Waals surface area contributed by atoms with Gasteiger partial charge in [0.2, 0.25) is 0 Å². The first-order valence-corrected chi connectivity index (χ1v) is 7.82. The SMILES string of the molecule is CCc1cc(NS(=O)(=O)c2ccc(N)c(Br)c2)n[nH]1. The fourth-order valence-corrected chi connectivity index (χ4v) is 3.01. The predicted molar refractivity (Wildman–Crippen MR) is 77.3 cm³/mol. The molecule has 0 radical (unpaired) electrons. The van der Waals surface area contributed by atoms with Gasteiger partial charge in [-0.3, -0.25) is 9.82 Å². The number of benzene rings is 1. The number of rotatable bonds is 4. The van der Waals surface area contributed by atoms with Gasteiger partial charge in [-0.25, -0.2) is 8.42 Å². The lowest BCUT2D eigenvalue weighted by molar-refractivity contribution is 0.601. The van der Waals surface area contributed by atoms with Crippen LogP contribution in [0.15, 0.2) is 33.6 Å². The lowest BCUT2D eigenvalue weighted by Crippen LogP contribution is -2.13. The molecule has 0 atom stereocenters. The standard InChI is InChI=1S/C11H13BrN4O2S/c1-2-7-5-11(15-14-7)16-19(17,18)8-3-4-10(13)9(12)6-8/h3-6H,2,13H2,1H3,(H2,14,15,16).